The number of fused-ring (bicyclic) bond motifs is 2. The maximum atomic E-state index is 13.1. The maximum Gasteiger partial charge on any atom is 0.255 e. The third-order valence-corrected chi connectivity index (χ3v) is 7.33. The zero-order valence-electron chi connectivity index (χ0n) is 18.8. The summed E-state index contributed by atoms with van der Waals surface area (Å²) >= 11 is 6.31. The molecular formula is C24H31ClN4O3. The molecule has 1 saturated heterocycles. The first-order valence-electron chi connectivity index (χ1n) is 11.5. The lowest BCUT2D eigenvalue weighted by Gasteiger charge is -2.43. The van der Waals surface area contributed by atoms with E-state index in [0.717, 1.165) is 44.2 Å². The number of aromatic nitrogens is 2. The number of hydrogen-bond donors (Lipinski definition) is 0. The van der Waals surface area contributed by atoms with Crippen molar-refractivity contribution in [3.63, 3.8) is 0 Å². The van der Waals surface area contributed by atoms with Gasteiger partial charge in [0.15, 0.2) is 0 Å². The number of piperidine rings is 1. The second-order valence-corrected chi connectivity index (χ2v) is 9.75. The molecule has 1 saturated carbocycles. The number of ether oxygens (including phenoxy) is 2. The molecule has 7 nitrogen and oxygen atoms in total. The number of hydrogen-bond acceptors (Lipinski definition) is 5. The van der Waals surface area contributed by atoms with Crippen molar-refractivity contribution in [3.8, 4) is 5.75 Å². The fourth-order valence-corrected chi connectivity index (χ4v) is 5.23. The molecule has 3 aliphatic rings. The smallest absolute Gasteiger partial charge is 0.255 e. The van der Waals surface area contributed by atoms with Crippen LogP contribution in [0.15, 0.2) is 24.4 Å². The van der Waals surface area contributed by atoms with E-state index in [4.69, 9.17) is 26.1 Å². The van der Waals surface area contributed by atoms with Crippen LogP contribution in [0.2, 0.25) is 5.02 Å². The highest BCUT2D eigenvalue weighted by Gasteiger charge is 2.44. The highest BCUT2D eigenvalue weighted by atomic mass is 35.5. The van der Waals surface area contributed by atoms with Crippen LogP contribution in [-0.4, -0.2) is 65.7 Å². The number of likely N-dealkylation sites (tertiary alicyclic amines) is 1. The van der Waals surface area contributed by atoms with E-state index in [9.17, 15) is 4.79 Å². The number of carbonyl (C=O) groups excluding carboxylic acids is 1. The van der Waals surface area contributed by atoms with Crippen molar-refractivity contribution in [3.05, 3.63) is 46.5 Å². The number of nitrogens with zero attached hydrogens (tertiary/aromatic N) is 4. The number of halogens is 1. The summed E-state index contributed by atoms with van der Waals surface area (Å²) < 4.78 is 14.0. The molecule has 0 atom stereocenters. The van der Waals surface area contributed by atoms with Gasteiger partial charge in [0.1, 0.15) is 17.2 Å². The fraction of sp³-hybridized carbons (Fsp3) is 0.583. The standard InChI is InChI=1S/C24H31ClN4O3/c1-27(15-17-3-4-17)16-18-14-26-23-24(32-12-11-29(18)23)7-9-28(10-8-24)22(30)20-13-19(31-2)5-6-21(20)25/h5-6,13-14,17H,3-4,7-12,15-16H2,1-2H3. The summed E-state index contributed by atoms with van der Waals surface area (Å²) in [5.41, 5.74) is 1.32. The van der Waals surface area contributed by atoms with Crippen LogP contribution in [-0.2, 0) is 23.4 Å². The lowest BCUT2D eigenvalue weighted by molar-refractivity contribution is -0.112. The molecule has 1 spiro atoms. The lowest BCUT2D eigenvalue weighted by Crippen LogP contribution is -2.50. The molecule has 172 valence electrons. The molecule has 0 bridgehead atoms. The van der Waals surface area contributed by atoms with Gasteiger partial charge >= 0.3 is 0 Å². The third-order valence-electron chi connectivity index (χ3n) is 7.00. The minimum atomic E-state index is -0.416. The van der Waals surface area contributed by atoms with E-state index in [1.54, 1.807) is 25.3 Å². The van der Waals surface area contributed by atoms with Gasteiger partial charge in [-0.2, -0.15) is 0 Å². The molecule has 2 fully saturated rings. The van der Waals surface area contributed by atoms with Gasteiger partial charge < -0.3 is 23.8 Å². The van der Waals surface area contributed by atoms with Crippen LogP contribution in [0, 0.1) is 5.92 Å². The highest BCUT2D eigenvalue weighted by molar-refractivity contribution is 6.33. The largest absolute Gasteiger partial charge is 0.497 e. The maximum absolute atomic E-state index is 13.1. The molecule has 1 aromatic carbocycles. The van der Waals surface area contributed by atoms with Gasteiger partial charge in [-0.3, -0.25) is 4.79 Å². The minimum Gasteiger partial charge on any atom is -0.497 e. The number of benzene rings is 1. The van der Waals surface area contributed by atoms with Gasteiger partial charge in [0.2, 0.25) is 0 Å². The van der Waals surface area contributed by atoms with E-state index in [0.29, 0.717) is 36.0 Å². The number of amides is 1. The summed E-state index contributed by atoms with van der Waals surface area (Å²) in [7, 11) is 3.78. The van der Waals surface area contributed by atoms with Crippen molar-refractivity contribution in [2.24, 2.45) is 5.92 Å². The highest BCUT2D eigenvalue weighted by Crippen LogP contribution is 2.40. The van der Waals surface area contributed by atoms with Crippen LogP contribution in [0.1, 0.15) is 47.6 Å². The van der Waals surface area contributed by atoms with E-state index < -0.39 is 5.60 Å². The predicted molar refractivity (Wildman–Crippen MR) is 122 cm³/mol. The molecule has 5 rings (SSSR count). The SMILES string of the molecule is COc1ccc(Cl)c(C(=O)N2CCC3(CC2)OCCn2c(CN(C)CC4CC4)cnc23)c1. The van der Waals surface area contributed by atoms with Gasteiger partial charge in [0, 0.05) is 51.8 Å². The number of imidazole rings is 1. The van der Waals surface area contributed by atoms with Crippen LogP contribution in [0.25, 0.3) is 0 Å². The Bertz CT molecular complexity index is 995. The Labute approximate surface area is 194 Å². The van der Waals surface area contributed by atoms with Crippen molar-refractivity contribution < 1.29 is 14.3 Å². The monoisotopic (exact) mass is 458 g/mol. The van der Waals surface area contributed by atoms with E-state index >= 15 is 0 Å². The van der Waals surface area contributed by atoms with Gasteiger partial charge in [0.05, 0.1) is 30.0 Å². The molecule has 1 aromatic heterocycles. The van der Waals surface area contributed by atoms with Crippen molar-refractivity contribution in [1.29, 1.82) is 0 Å². The molecule has 32 heavy (non-hydrogen) atoms. The lowest BCUT2D eigenvalue weighted by atomic mass is 9.88. The van der Waals surface area contributed by atoms with E-state index in [1.807, 2.05) is 11.1 Å². The van der Waals surface area contributed by atoms with Crippen molar-refractivity contribution in [2.45, 2.75) is 44.4 Å². The zero-order valence-corrected chi connectivity index (χ0v) is 19.6. The molecule has 0 N–H and O–H groups in total. The van der Waals surface area contributed by atoms with Gasteiger partial charge in [0.25, 0.3) is 5.91 Å². The van der Waals surface area contributed by atoms with Crippen LogP contribution >= 0.6 is 11.6 Å². The predicted octanol–water partition coefficient (Wildman–Crippen LogP) is 3.55. The summed E-state index contributed by atoms with van der Waals surface area (Å²) in [4.78, 5) is 22.2. The molecule has 2 aromatic rings. The summed E-state index contributed by atoms with van der Waals surface area (Å²) in [5.74, 6) is 2.46. The van der Waals surface area contributed by atoms with Gasteiger partial charge in [-0.15, -0.1) is 0 Å². The fourth-order valence-electron chi connectivity index (χ4n) is 5.03. The first-order valence-corrected chi connectivity index (χ1v) is 11.9. The van der Waals surface area contributed by atoms with Gasteiger partial charge in [-0.05, 0) is 44.0 Å². The quantitative estimate of drug-likeness (QED) is 0.662. The molecular weight excluding hydrogens is 428 g/mol. The molecule has 0 unspecified atom stereocenters. The molecule has 8 heteroatoms. The second kappa shape index (κ2) is 8.69. The van der Waals surface area contributed by atoms with Gasteiger partial charge in [-0.25, -0.2) is 4.98 Å². The molecule has 1 amide bonds. The van der Waals surface area contributed by atoms with Crippen molar-refractivity contribution in [1.82, 2.24) is 19.4 Å². The summed E-state index contributed by atoms with van der Waals surface area (Å²) in [6.07, 6.45) is 6.20. The van der Waals surface area contributed by atoms with Crippen LogP contribution in [0.5, 0.6) is 5.75 Å². The van der Waals surface area contributed by atoms with Crippen LogP contribution in [0.4, 0.5) is 0 Å². The number of rotatable bonds is 6. The van der Waals surface area contributed by atoms with E-state index in [1.165, 1.54) is 18.5 Å². The second-order valence-electron chi connectivity index (χ2n) is 9.35. The topological polar surface area (TPSA) is 59.8 Å². The third kappa shape index (κ3) is 4.14. The number of carbonyl (C=O) groups is 1. The first-order chi connectivity index (χ1) is 15.5. The molecule has 3 heterocycles. The molecule has 0 radical (unpaired) electrons. The average Bonchev–Trinajstić information content (AvgIpc) is 3.52. The van der Waals surface area contributed by atoms with Gasteiger partial charge in [-0.1, -0.05) is 11.6 Å². The average molecular weight is 459 g/mol. The number of methoxy groups -OCH3 is 1. The van der Waals surface area contributed by atoms with Crippen LogP contribution < -0.4 is 4.74 Å². The Morgan fingerprint density at radius 3 is 2.81 bits per heavy atom. The Balaban J connectivity index is 1.29. The Morgan fingerprint density at radius 2 is 2.09 bits per heavy atom. The zero-order chi connectivity index (χ0) is 22.3. The molecule has 2 aliphatic heterocycles. The summed E-state index contributed by atoms with van der Waals surface area (Å²) in [5, 5.41) is 0.445. The van der Waals surface area contributed by atoms with Crippen molar-refractivity contribution in [2.75, 3.05) is 40.4 Å². The Kier molecular flexibility index (Phi) is 5.90. The first kappa shape index (κ1) is 21.7. The summed E-state index contributed by atoms with van der Waals surface area (Å²) in [6.45, 7) is 4.81. The molecule has 1 aliphatic carbocycles. The Hall–Kier alpha value is -2.09. The van der Waals surface area contributed by atoms with Crippen LogP contribution in [0.3, 0.4) is 0 Å². The minimum absolute atomic E-state index is 0.0645. The van der Waals surface area contributed by atoms with E-state index in [2.05, 4.69) is 16.5 Å². The van der Waals surface area contributed by atoms with Crippen molar-refractivity contribution >= 4 is 17.5 Å². The Morgan fingerprint density at radius 1 is 1.31 bits per heavy atom. The summed E-state index contributed by atoms with van der Waals surface area (Å²) in [6, 6.07) is 5.19. The van der Waals surface area contributed by atoms with E-state index in [-0.39, 0.29) is 5.91 Å². The normalized spacial score (nSPS) is 19.9.